The first-order valence-electron chi connectivity index (χ1n) is 11.1. The van der Waals surface area contributed by atoms with Crippen LogP contribution in [0.15, 0.2) is 79.1 Å². The molecule has 0 fully saturated rings. The smallest absolute Gasteiger partial charge is 0.0931 e. The Morgan fingerprint density at radius 2 is 2.09 bits per heavy atom. The van der Waals surface area contributed by atoms with Gasteiger partial charge in [-0.05, 0) is 68.2 Å². The molecular formula is C28H32N4. The van der Waals surface area contributed by atoms with Crippen LogP contribution in [0.2, 0.25) is 0 Å². The standard InChI is InChI=1S/C28H32N4/c1-5-9-23(10-6-2)20-29-21-24-12-13-28-25(18-24)19-27(32(28)7-3)11-8-15-31-26-14-16-30-22(4)17-26/h5-6,9-10,12-14,16-19,29H,1,7,15,20-21H2,2-4H3,(H,30,31)/b10-6-,23-9+. The molecule has 0 saturated carbocycles. The Hall–Kier alpha value is -3.55. The van der Waals surface area contributed by atoms with Crippen LogP contribution in [0.3, 0.4) is 0 Å². The number of allylic oxidation sites excluding steroid dienone is 3. The molecule has 4 nitrogen and oxygen atoms in total. The van der Waals surface area contributed by atoms with Gasteiger partial charge in [-0.25, -0.2) is 0 Å². The van der Waals surface area contributed by atoms with Gasteiger partial charge in [-0.3, -0.25) is 4.98 Å². The van der Waals surface area contributed by atoms with Crippen molar-refractivity contribution in [3.05, 3.63) is 96.0 Å². The second-order valence-corrected chi connectivity index (χ2v) is 7.59. The SMILES string of the molecule is C=C/C=C(\C=C/C)CNCc1ccc2c(c1)cc(C#CCNc1ccnc(C)c1)n2CC. The van der Waals surface area contributed by atoms with E-state index in [2.05, 4.69) is 75.9 Å². The molecule has 0 aliphatic carbocycles. The highest BCUT2D eigenvalue weighted by Crippen LogP contribution is 2.21. The number of rotatable bonds is 9. The molecule has 0 bridgehead atoms. The fraction of sp³-hybridized carbons (Fsp3) is 0.250. The fourth-order valence-electron chi connectivity index (χ4n) is 3.70. The van der Waals surface area contributed by atoms with Crippen molar-refractivity contribution in [1.82, 2.24) is 14.9 Å². The Bertz CT molecular complexity index is 1190. The maximum absolute atomic E-state index is 4.22. The molecule has 2 N–H and O–H groups in total. The van der Waals surface area contributed by atoms with Crippen molar-refractivity contribution in [3.8, 4) is 11.8 Å². The molecule has 0 spiro atoms. The number of benzene rings is 1. The fourth-order valence-corrected chi connectivity index (χ4v) is 3.70. The molecule has 0 atom stereocenters. The number of hydrogen-bond donors (Lipinski definition) is 2. The number of nitrogens with one attached hydrogen (secondary N) is 2. The quantitative estimate of drug-likeness (QED) is 0.347. The number of nitrogens with zero attached hydrogens (tertiary/aromatic N) is 2. The third kappa shape index (κ3) is 6.23. The van der Waals surface area contributed by atoms with Gasteiger partial charge >= 0.3 is 0 Å². The van der Waals surface area contributed by atoms with E-state index in [-0.39, 0.29) is 0 Å². The topological polar surface area (TPSA) is 41.9 Å². The monoisotopic (exact) mass is 424 g/mol. The van der Waals surface area contributed by atoms with Crippen molar-refractivity contribution in [2.45, 2.75) is 33.9 Å². The first-order valence-corrected chi connectivity index (χ1v) is 11.1. The summed E-state index contributed by atoms with van der Waals surface area (Å²) in [7, 11) is 0. The van der Waals surface area contributed by atoms with Crippen LogP contribution in [0.4, 0.5) is 5.69 Å². The lowest BCUT2D eigenvalue weighted by Gasteiger charge is -2.07. The van der Waals surface area contributed by atoms with Gasteiger partial charge in [0.25, 0.3) is 0 Å². The van der Waals surface area contributed by atoms with E-state index in [1.54, 1.807) is 0 Å². The summed E-state index contributed by atoms with van der Waals surface area (Å²) in [5.74, 6) is 6.59. The van der Waals surface area contributed by atoms with E-state index in [4.69, 9.17) is 0 Å². The van der Waals surface area contributed by atoms with Gasteiger partial charge < -0.3 is 15.2 Å². The highest BCUT2D eigenvalue weighted by Gasteiger charge is 2.07. The van der Waals surface area contributed by atoms with Gasteiger partial charge in [-0.15, -0.1) is 0 Å². The lowest BCUT2D eigenvalue weighted by Crippen LogP contribution is -2.15. The van der Waals surface area contributed by atoms with Gasteiger partial charge in [0.05, 0.1) is 12.2 Å². The molecule has 0 aliphatic rings. The summed E-state index contributed by atoms with van der Waals surface area (Å²) in [5.41, 5.74) is 6.78. The molecule has 32 heavy (non-hydrogen) atoms. The van der Waals surface area contributed by atoms with E-state index < -0.39 is 0 Å². The summed E-state index contributed by atoms with van der Waals surface area (Å²) in [6.07, 6.45) is 9.82. The zero-order valence-corrected chi connectivity index (χ0v) is 19.3. The second-order valence-electron chi connectivity index (χ2n) is 7.59. The molecule has 2 heterocycles. The third-order valence-corrected chi connectivity index (χ3v) is 5.15. The number of aryl methyl sites for hydroxylation is 2. The van der Waals surface area contributed by atoms with Crippen LogP contribution in [0, 0.1) is 18.8 Å². The molecule has 0 aliphatic heterocycles. The van der Waals surface area contributed by atoms with Crippen LogP contribution in [0.25, 0.3) is 10.9 Å². The molecule has 1 aromatic carbocycles. The number of pyridine rings is 1. The van der Waals surface area contributed by atoms with E-state index in [0.29, 0.717) is 6.54 Å². The van der Waals surface area contributed by atoms with E-state index >= 15 is 0 Å². The van der Waals surface area contributed by atoms with Crippen molar-refractivity contribution in [3.63, 3.8) is 0 Å². The minimum Gasteiger partial charge on any atom is -0.374 e. The van der Waals surface area contributed by atoms with E-state index in [0.717, 1.165) is 36.7 Å². The molecular weight excluding hydrogens is 392 g/mol. The van der Waals surface area contributed by atoms with Crippen molar-refractivity contribution >= 4 is 16.6 Å². The zero-order chi connectivity index (χ0) is 22.8. The van der Waals surface area contributed by atoms with E-state index in [1.165, 1.54) is 22.0 Å². The summed E-state index contributed by atoms with van der Waals surface area (Å²) < 4.78 is 2.27. The second kappa shape index (κ2) is 11.7. The van der Waals surface area contributed by atoms with Crippen LogP contribution in [-0.4, -0.2) is 22.6 Å². The molecule has 0 amide bonds. The molecule has 4 heteroatoms. The van der Waals surface area contributed by atoms with Crippen molar-refractivity contribution in [1.29, 1.82) is 0 Å². The maximum atomic E-state index is 4.22. The molecule has 164 valence electrons. The predicted molar refractivity (Wildman–Crippen MR) is 137 cm³/mol. The number of aromatic nitrogens is 2. The zero-order valence-electron chi connectivity index (χ0n) is 19.3. The Morgan fingerprint density at radius 1 is 1.22 bits per heavy atom. The Balaban J connectivity index is 1.68. The van der Waals surface area contributed by atoms with Gasteiger partial charge in [0, 0.05) is 48.1 Å². The van der Waals surface area contributed by atoms with Crippen molar-refractivity contribution < 1.29 is 0 Å². The first kappa shape index (κ1) is 23.1. The molecule has 0 radical (unpaired) electrons. The Morgan fingerprint density at radius 3 is 2.84 bits per heavy atom. The Kier molecular flexibility index (Phi) is 8.48. The summed E-state index contributed by atoms with van der Waals surface area (Å²) in [6, 6.07) is 12.8. The van der Waals surface area contributed by atoms with Gasteiger partial charge in [-0.2, -0.15) is 0 Å². The van der Waals surface area contributed by atoms with Crippen LogP contribution in [0.5, 0.6) is 0 Å². The summed E-state index contributed by atoms with van der Waals surface area (Å²) in [6.45, 7) is 13.1. The van der Waals surface area contributed by atoms with Crippen LogP contribution < -0.4 is 10.6 Å². The maximum Gasteiger partial charge on any atom is 0.0931 e. The van der Waals surface area contributed by atoms with Crippen LogP contribution in [-0.2, 0) is 13.1 Å². The summed E-state index contributed by atoms with van der Waals surface area (Å²) in [5, 5.41) is 8.08. The molecule has 0 unspecified atom stereocenters. The largest absolute Gasteiger partial charge is 0.374 e. The lowest BCUT2D eigenvalue weighted by atomic mass is 10.1. The van der Waals surface area contributed by atoms with Crippen LogP contribution >= 0.6 is 0 Å². The van der Waals surface area contributed by atoms with Crippen molar-refractivity contribution in [2.75, 3.05) is 18.4 Å². The average molecular weight is 425 g/mol. The van der Waals surface area contributed by atoms with Gasteiger partial charge in [0.1, 0.15) is 0 Å². The lowest BCUT2D eigenvalue weighted by molar-refractivity contribution is 0.747. The summed E-state index contributed by atoms with van der Waals surface area (Å²) >= 11 is 0. The summed E-state index contributed by atoms with van der Waals surface area (Å²) in [4.78, 5) is 4.22. The predicted octanol–water partition coefficient (Wildman–Crippen LogP) is 5.61. The molecule has 2 aromatic heterocycles. The minimum atomic E-state index is 0.594. The van der Waals surface area contributed by atoms with E-state index in [1.807, 2.05) is 50.4 Å². The average Bonchev–Trinajstić information content (AvgIpc) is 3.13. The normalized spacial score (nSPS) is 11.5. The van der Waals surface area contributed by atoms with Crippen LogP contribution in [0.1, 0.15) is 30.8 Å². The molecule has 3 rings (SSSR count). The third-order valence-electron chi connectivity index (χ3n) is 5.15. The van der Waals surface area contributed by atoms with Crippen molar-refractivity contribution in [2.24, 2.45) is 0 Å². The van der Waals surface area contributed by atoms with Gasteiger partial charge in [0.15, 0.2) is 0 Å². The first-order chi connectivity index (χ1) is 15.6. The van der Waals surface area contributed by atoms with E-state index in [9.17, 15) is 0 Å². The number of fused-ring (bicyclic) bond motifs is 1. The minimum absolute atomic E-state index is 0.594. The van der Waals surface area contributed by atoms with Gasteiger partial charge in [0.2, 0.25) is 0 Å². The highest BCUT2D eigenvalue weighted by atomic mass is 15.0. The number of hydrogen-bond acceptors (Lipinski definition) is 3. The molecule has 0 saturated heterocycles. The molecule has 3 aromatic rings. The highest BCUT2D eigenvalue weighted by molar-refractivity contribution is 5.83. The number of anilines is 1. The Labute approximate surface area is 191 Å². The van der Waals surface area contributed by atoms with Gasteiger partial charge in [-0.1, -0.05) is 42.9 Å².